The van der Waals surface area contributed by atoms with Crippen molar-refractivity contribution in [1.82, 2.24) is 10.2 Å². The van der Waals surface area contributed by atoms with Crippen LogP contribution in [-0.4, -0.2) is 22.0 Å². The second-order valence-electron chi connectivity index (χ2n) is 6.28. The molecule has 27 heavy (non-hydrogen) atoms. The van der Waals surface area contributed by atoms with E-state index >= 15 is 0 Å². The molecule has 0 aliphatic carbocycles. The fraction of sp³-hybridized carbons (Fsp3) is 0.263. The van der Waals surface area contributed by atoms with Gasteiger partial charge in [-0.15, -0.1) is 10.2 Å². The van der Waals surface area contributed by atoms with Crippen molar-refractivity contribution in [3.63, 3.8) is 0 Å². The van der Waals surface area contributed by atoms with Gasteiger partial charge in [-0.25, -0.2) is 0 Å². The number of amides is 2. The normalized spacial score (nSPS) is 10.8. The van der Waals surface area contributed by atoms with Crippen LogP contribution in [0.5, 0.6) is 0 Å². The number of carbonyl (C=O) groups is 2. The number of carbonyl (C=O) groups excluding carboxylic acids is 2. The molecule has 2 amide bonds. The van der Waals surface area contributed by atoms with Crippen molar-refractivity contribution >= 4 is 34.5 Å². The van der Waals surface area contributed by atoms with Crippen molar-refractivity contribution in [2.24, 2.45) is 5.92 Å². The molecule has 0 radical (unpaired) electrons. The third kappa shape index (κ3) is 5.24. The molecule has 3 rings (SSSR count). The first kappa shape index (κ1) is 18.8. The summed E-state index contributed by atoms with van der Waals surface area (Å²) in [4.78, 5) is 23.8. The Bertz CT molecular complexity index is 901. The van der Waals surface area contributed by atoms with Crippen LogP contribution < -0.4 is 10.6 Å². The molecular formula is C19H20N4O3S. The number of rotatable bonds is 7. The van der Waals surface area contributed by atoms with Gasteiger partial charge in [0.1, 0.15) is 0 Å². The number of nitrogens with zero attached hydrogens (tertiary/aromatic N) is 2. The Labute approximate surface area is 160 Å². The third-order valence-corrected chi connectivity index (χ3v) is 4.44. The fourth-order valence-electron chi connectivity index (χ4n) is 2.22. The summed E-state index contributed by atoms with van der Waals surface area (Å²) in [5.74, 6) is 0.607. The van der Waals surface area contributed by atoms with Crippen molar-refractivity contribution in [3.8, 4) is 11.5 Å². The van der Waals surface area contributed by atoms with E-state index in [9.17, 15) is 9.59 Å². The molecule has 8 heteroatoms. The average molecular weight is 384 g/mol. The highest BCUT2D eigenvalue weighted by Crippen LogP contribution is 2.21. The van der Waals surface area contributed by atoms with Gasteiger partial charge in [0.25, 0.3) is 0 Å². The summed E-state index contributed by atoms with van der Waals surface area (Å²) in [5.41, 5.74) is 2.23. The predicted molar refractivity (Wildman–Crippen MR) is 104 cm³/mol. The van der Waals surface area contributed by atoms with Gasteiger partial charge >= 0.3 is 0 Å². The van der Waals surface area contributed by atoms with Gasteiger partial charge in [-0.1, -0.05) is 13.8 Å². The zero-order chi connectivity index (χ0) is 19.2. The molecule has 0 aliphatic rings. The molecule has 3 aromatic rings. The molecule has 0 atom stereocenters. The van der Waals surface area contributed by atoms with Crippen LogP contribution in [0.15, 0.2) is 45.5 Å². The summed E-state index contributed by atoms with van der Waals surface area (Å²) in [6.45, 7) is 3.66. The van der Waals surface area contributed by atoms with Crippen LogP contribution in [0.3, 0.4) is 0 Å². The highest BCUT2D eigenvalue weighted by Gasteiger charge is 2.11. The van der Waals surface area contributed by atoms with Gasteiger partial charge in [-0.3, -0.25) is 9.59 Å². The molecule has 2 heterocycles. The Morgan fingerprint density at radius 3 is 2.41 bits per heavy atom. The molecule has 0 aliphatic heterocycles. The Morgan fingerprint density at radius 2 is 1.78 bits per heavy atom. The molecule has 0 saturated carbocycles. The molecule has 2 aromatic heterocycles. The van der Waals surface area contributed by atoms with Crippen LogP contribution in [0.25, 0.3) is 11.5 Å². The summed E-state index contributed by atoms with van der Waals surface area (Å²) >= 11 is 1.55. The van der Waals surface area contributed by atoms with Crippen molar-refractivity contribution in [1.29, 1.82) is 0 Å². The topological polar surface area (TPSA) is 97.1 Å². The zero-order valence-corrected chi connectivity index (χ0v) is 15.9. The van der Waals surface area contributed by atoms with Gasteiger partial charge in [-0.2, -0.15) is 11.3 Å². The van der Waals surface area contributed by atoms with Crippen molar-refractivity contribution in [3.05, 3.63) is 47.0 Å². The van der Waals surface area contributed by atoms with E-state index in [0.29, 0.717) is 29.6 Å². The second kappa shape index (κ2) is 8.59. The number of benzene rings is 1. The Hall–Kier alpha value is -3.00. The van der Waals surface area contributed by atoms with Crippen molar-refractivity contribution in [2.75, 3.05) is 10.6 Å². The third-order valence-electron chi connectivity index (χ3n) is 3.76. The lowest BCUT2D eigenvalue weighted by Crippen LogP contribution is -2.17. The minimum atomic E-state index is -0.149. The van der Waals surface area contributed by atoms with Crippen LogP contribution in [0.1, 0.15) is 26.2 Å². The maximum Gasteiger partial charge on any atom is 0.248 e. The summed E-state index contributed by atoms with van der Waals surface area (Å²) < 4.78 is 5.56. The van der Waals surface area contributed by atoms with Gasteiger partial charge in [-0.05, 0) is 35.7 Å². The monoisotopic (exact) mass is 384 g/mol. The van der Waals surface area contributed by atoms with Crippen LogP contribution in [0.4, 0.5) is 11.4 Å². The molecule has 140 valence electrons. The molecule has 0 unspecified atom stereocenters. The summed E-state index contributed by atoms with van der Waals surface area (Å²) in [6, 6.07) is 8.90. The number of aromatic nitrogens is 2. The van der Waals surface area contributed by atoms with E-state index in [2.05, 4.69) is 20.8 Å². The fourth-order valence-corrected chi connectivity index (χ4v) is 2.85. The van der Waals surface area contributed by atoms with E-state index in [1.54, 1.807) is 35.6 Å². The maximum absolute atomic E-state index is 12.1. The SMILES string of the molecule is CC(C)C(=O)Nc1ccc(NC(=O)CCc2nnc(-c3ccsc3)o2)cc1. The second-order valence-corrected chi connectivity index (χ2v) is 7.06. The van der Waals surface area contributed by atoms with Crippen LogP contribution in [-0.2, 0) is 16.0 Å². The van der Waals surface area contributed by atoms with E-state index in [-0.39, 0.29) is 24.2 Å². The summed E-state index contributed by atoms with van der Waals surface area (Å²) in [5, 5.41) is 17.4. The van der Waals surface area contributed by atoms with E-state index in [4.69, 9.17) is 4.42 Å². The molecular weight excluding hydrogens is 364 g/mol. The number of aryl methyl sites for hydroxylation is 1. The Kier molecular flexibility index (Phi) is 5.97. The number of nitrogens with one attached hydrogen (secondary N) is 2. The molecule has 0 spiro atoms. The molecule has 0 saturated heterocycles. The molecule has 7 nitrogen and oxygen atoms in total. The lowest BCUT2D eigenvalue weighted by atomic mass is 10.2. The quantitative estimate of drug-likeness (QED) is 0.642. The smallest absolute Gasteiger partial charge is 0.248 e. The standard InChI is InChI=1S/C19H20N4O3S/c1-12(2)18(25)21-15-5-3-14(4-6-15)20-16(24)7-8-17-22-23-19(26-17)13-9-10-27-11-13/h3-6,9-12H,7-8H2,1-2H3,(H,20,24)(H,21,25). The number of thiophene rings is 1. The van der Waals surface area contributed by atoms with E-state index in [1.807, 2.05) is 30.7 Å². The summed E-state index contributed by atoms with van der Waals surface area (Å²) in [7, 11) is 0. The zero-order valence-electron chi connectivity index (χ0n) is 15.1. The van der Waals surface area contributed by atoms with E-state index in [0.717, 1.165) is 5.56 Å². The first-order valence-electron chi connectivity index (χ1n) is 8.57. The lowest BCUT2D eigenvalue weighted by Gasteiger charge is -2.09. The van der Waals surface area contributed by atoms with Gasteiger partial charge in [0.05, 0.1) is 0 Å². The molecule has 0 fully saturated rings. The Balaban J connectivity index is 1.48. The molecule has 0 bridgehead atoms. The first-order valence-corrected chi connectivity index (χ1v) is 9.51. The predicted octanol–water partition coefficient (Wildman–Crippen LogP) is 3.96. The largest absolute Gasteiger partial charge is 0.421 e. The highest BCUT2D eigenvalue weighted by molar-refractivity contribution is 7.08. The van der Waals surface area contributed by atoms with Crippen molar-refractivity contribution < 1.29 is 14.0 Å². The summed E-state index contributed by atoms with van der Waals surface area (Å²) in [6.07, 6.45) is 0.600. The Morgan fingerprint density at radius 1 is 1.07 bits per heavy atom. The van der Waals surface area contributed by atoms with E-state index in [1.165, 1.54) is 0 Å². The number of anilines is 2. The highest BCUT2D eigenvalue weighted by atomic mass is 32.1. The van der Waals surface area contributed by atoms with Gasteiger partial charge in [0.15, 0.2) is 0 Å². The first-order chi connectivity index (χ1) is 13.0. The minimum Gasteiger partial charge on any atom is -0.421 e. The molecule has 2 N–H and O–H groups in total. The number of hydrogen-bond donors (Lipinski definition) is 2. The number of hydrogen-bond acceptors (Lipinski definition) is 6. The maximum atomic E-state index is 12.1. The van der Waals surface area contributed by atoms with Crippen LogP contribution in [0.2, 0.25) is 0 Å². The van der Waals surface area contributed by atoms with Crippen LogP contribution >= 0.6 is 11.3 Å². The van der Waals surface area contributed by atoms with Crippen LogP contribution in [0, 0.1) is 5.92 Å². The minimum absolute atomic E-state index is 0.0480. The van der Waals surface area contributed by atoms with E-state index < -0.39 is 0 Å². The molecule has 1 aromatic carbocycles. The van der Waals surface area contributed by atoms with Gasteiger partial charge in [0.2, 0.25) is 23.6 Å². The van der Waals surface area contributed by atoms with Crippen molar-refractivity contribution in [2.45, 2.75) is 26.7 Å². The lowest BCUT2D eigenvalue weighted by molar-refractivity contribution is -0.119. The average Bonchev–Trinajstić information content (AvgIpc) is 3.33. The van der Waals surface area contributed by atoms with Gasteiger partial charge in [0, 0.05) is 41.1 Å². The van der Waals surface area contributed by atoms with Gasteiger partial charge < -0.3 is 15.1 Å².